The molecule has 1 aliphatic rings. The van der Waals surface area contributed by atoms with Crippen LogP contribution >= 0.6 is 0 Å². The standard InChI is InChI=1S/C48H33N3O/c1-48(2)39-20-10-9-17-36(39)43-35(18-11-21-40(43)48)34-27-28-41-38(29-34)44-37(19-12-22-42(44)52-41)47-50-45(32-15-7-4-8-16-32)49-46(51-47)33-25-23-31(24-26-33)30-13-5-3-6-14-30/h3-29H,1-2H3. The molecule has 9 aromatic rings. The van der Waals surface area contributed by atoms with E-state index >= 15 is 0 Å². The van der Waals surface area contributed by atoms with E-state index in [1.165, 1.54) is 33.4 Å². The molecule has 0 saturated heterocycles. The van der Waals surface area contributed by atoms with Crippen LogP contribution in [0.2, 0.25) is 0 Å². The number of hydrogen-bond donors (Lipinski definition) is 0. The first-order valence-electron chi connectivity index (χ1n) is 17.7. The third kappa shape index (κ3) is 4.79. The average Bonchev–Trinajstić information content (AvgIpc) is 3.70. The largest absolute Gasteiger partial charge is 0.456 e. The Morgan fingerprint density at radius 1 is 0.404 bits per heavy atom. The predicted octanol–water partition coefficient (Wildman–Crippen LogP) is 12.4. The lowest BCUT2D eigenvalue weighted by molar-refractivity contribution is 0.660. The molecule has 0 N–H and O–H groups in total. The zero-order valence-electron chi connectivity index (χ0n) is 28.8. The SMILES string of the molecule is CC1(C)c2ccccc2-c2c(-c3ccc4oc5cccc(-c6nc(-c7ccccc7)nc(-c7ccc(-c8ccccc8)cc7)n6)c5c4c3)cccc21. The van der Waals surface area contributed by atoms with Crippen molar-refractivity contribution in [2.75, 3.05) is 0 Å². The first-order valence-corrected chi connectivity index (χ1v) is 17.7. The van der Waals surface area contributed by atoms with Crippen LogP contribution in [0.5, 0.6) is 0 Å². The minimum absolute atomic E-state index is 0.0732. The van der Waals surface area contributed by atoms with Gasteiger partial charge in [0.05, 0.1) is 0 Å². The molecule has 0 unspecified atom stereocenters. The Labute approximate surface area is 302 Å². The molecule has 0 bridgehead atoms. The molecule has 0 radical (unpaired) electrons. The number of rotatable bonds is 5. The van der Waals surface area contributed by atoms with Crippen molar-refractivity contribution in [2.45, 2.75) is 19.3 Å². The van der Waals surface area contributed by atoms with Crippen LogP contribution in [0.15, 0.2) is 168 Å². The van der Waals surface area contributed by atoms with Crippen molar-refractivity contribution < 1.29 is 4.42 Å². The lowest BCUT2D eigenvalue weighted by Gasteiger charge is -2.21. The van der Waals surface area contributed by atoms with E-state index in [2.05, 4.69) is 129 Å². The van der Waals surface area contributed by atoms with Gasteiger partial charge in [-0.3, -0.25) is 0 Å². The molecular weight excluding hydrogens is 635 g/mol. The highest BCUT2D eigenvalue weighted by Gasteiger charge is 2.36. The van der Waals surface area contributed by atoms with Crippen LogP contribution in [0, 0.1) is 0 Å². The van der Waals surface area contributed by atoms with Crippen molar-refractivity contribution in [2.24, 2.45) is 0 Å². The number of aromatic nitrogens is 3. The van der Waals surface area contributed by atoms with Gasteiger partial charge in [0.15, 0.2) is 17.5 Å². The Morgan fingerprint density at radius 2 is 0.942 bits per heavy atom. The predicted molar refractivity (Wildman–Crippen MR) is 212 cm³/mol. The van der Waals surface area contributed by atoms with Gasteiger partial charge in [-0.15, -0.1) is 0 Å². The van der Waals surface area contributed by atoms with Crippen LogP contribution in [-0.2, 0) is 5.41 Å². The molecule has 0 aliphatic heterocycles. The van der Waals surface area contributed by atoms with Crippen molar-refractivity contribution >= 4 is 21.9 Å². The van der Waals surface area contributed by atoms with Crippen LogP contribution in [0.25, 0.3) is 89.5 Å². The topological polar surface area (TPSA) is 51.8 Å². The molecule has 0 saturated carbocycles. The molecule has 0 fully saturated rings. The van der Waals surface area contributed by atoms with Crippen LogP contribution in [0.4, 0.5) is 0 Å². The molecule has 4 nitrogen and oxygen atoms in total. The van der Waals surface area contributed by atoms with E-state index in [1.807, 2.05) is 48.5 Å². The van der Waals surface area contributed by atoms with E-state index < -0.39 is 0 Å². The van der Waals surface area contributed by atoms with Gasteiger partial charge in [0.2, 0.25) is 0 Å². The van der Waals surface area contributed by atoms with E-state index in [9.17, 15) is 0 Å². The van der Waals surface area contributed by atoms with Crippen molar-refractivity contribution in [1.82, 2.24) is 15.0 Å². The minimum Gasteiger partial charge on any atom is -0.456 e. The summed E-state index contributed by atoms with van der Waals surface area (Å²) in [5.41, 5.74) is 14.3. The van der Waals surface area contributed by atoms with E-state index in [1.54, 1.807) is 0 Å². The number of benzene rings is 7. The summed E-state index contributed by atoms with van der Waals surface area (Å²) in [5.74, 6) is 1.85. The van der Waals surface area contributed by atoms with E-state index in [0.717, 1.165) is 49.8 Å². The molecule has 0 atom stereocenters. The minimum atomic E-state index is -0.0732. The Bertz CT molecular complexity index is 2800. The summed E-state index contributed by atoms with van der Waals surface area (Å²) in [6, 6.07) is 57.2. The summed E-state index contributed by atoms with van der Waals surface area (Å²) in [6.45, 7) is 4.65. The van der Waals surface area contributed by atoms with Crippen molar-refractivity contribution in [3.05, 3.63) is 175 Å². The number of nitrogens with zero attached hydrogens (tertiary/aromatic N) is 3. The highest BCUT2D eigenvalue weighted by Crippen LogP contribution is 2.52. The quantitative estimate of drug-likeness (QED) is 0.183. The third-order valence-electron chi connectivity index (χ3n) is 10.6. The molecule has 2 aromatic heterocycles. The summed E-state index contributed by atoms with van der Waals surface area (Å²) in [4.78, 5) is 15.3. The van der Waals surface area contributed by atoms with E-state index in [4.69, 9.17) is 19.4 Å². The van der Waals surface area contributed by atoms with Crippen LogP contribution < -0.4 is 0 Å². The van der Waals surface area contributed by atoms with Gasteiger partial charge in [-0.05, 0) is 62.7 Å². The fraction of sp³-hybridized carbons (Fsp3) is 0.0625. The summed E-state index contributed by atoms with van der Waals surface area (Å²) in [6.07, 6.45) is 0. The van der Waals surface area contributed by atoms with Gasteiger partial charge in [-0.25, -0.2) is 15.0 Å². The lowest BCUT2D eigenvalue weighted by atomic mass is 9.82. The highest BCUT2D eigenvalue weighted by atomic mass is 16.3. The monoisotopic (exact) mass is 667 g/mol. The maximum absolute atomic E-state index is 6.50. The van der Waals surface area contributed by atoms with Crippen LogP contribution in [0.3, 0.4) is 0 Å². The Balaban J connectivity index is 1.15. The normalized spacial score (nSPS) is 13.0. The molecule has 4 heteroatoms. The van der Waals surface area contributed by atoms with Crippen molar-refractivity contribution in [3.63, 3.8) is 0 Å². The number of furan rings is 1. The fourth-order valence-electron chi connectivity index (χ4n) is 7.96. The van der Waals surface area contributed by atoms with Gasteiger partial charge in [0.1, 0.15) is 11.2 Å². The second-order valence-corrected chi connectivity index (χ2v) is 14.0. The van der Waals surface area contributed by atoms with Crippen LogP contribution in [-0.4, -0.2) is 15.0 Å². The van der Waals surface area contributed by atoms with Gasteiger partial charge in [0, 0.05) is 32.9 Å². The second-order valence-electron chi connectivity index (χ2n) is 14.0. The second kappa shape index (κ2) is 11.7. The van der Waals surface area contributed by atoms with Crippen molar-refractivity contribution in [3.8, 4) is 67.5 Å². The molecule has 10 rings (SSSR count). The third-order valence-corrected chi connectivity index (χ3v) is 10.6. The zero-order chi connectivity index (χ0) is 34.8. The molecule has 7 aromatic carbocycles. The molecule has 0 amide bonds. The molecule has 1 aliphatic carbocycles. The smallest absolute Gasteiger partial charge is 0.164 e. The summed E-state index contributed by atoms with van der Waals surface area (Å²) in [5, 5.41) is 2.02. The highest BCUT2D eigenvalue weighted by molar-refractivity contribution is 6.13. The fourth-order valence-corrected chi connectivity index (χ4v) is 7.96. The number of fused-ring (bicyclic) bond motifs is 6. The maximum Gasteiger partial charge on any atom is 0.164 e. The number of hydrogen-bond acceptors (Lipinski definition) is 4. The van der Waals surface area contributed by atoms with Gasteiger partial charge in [-0.2, -0.15) is 0 Å². The lowest BCUT2D eigenvalue weighted by Crippen LogP contribution is -2.14. The van der Waals surface area contributed by atoms with Gasteiger partial charge >= 0.3 is 0 Å². The Morgan fingerprint density at radius 3 is 1.71 bits per heavy atom. The van der Waals surface area contributed by atoms with Gasteiger partial charge in [0.25, 0.3) is 0 Å². The van der Waals surface area contributed by atoms with Crippen LogP contribution in [0.1, 0.15) is 25.0 Å². The van der Waals surface area contributed by atoms with Gasteiger partial charge in [-0.1, -0.05) is 159 Å². The zero-order valence-corrected chi connectivity index (χ0v) is 28.8. The summed E-state index contributed by atoms with van der Waals surface area (Å²) in [7, 11) is 0. The molecule has 52 heavy (non-hydrogen) atoms. The molecule has 2 heterocycles. The Kier molecular flexibility index (Phi) is 6.80. The summed E-state index contributed by atoms with van der Waals surface area (Å²) < 4.78 is 6.50. The molecule has 0 spiro atoms. The first-order chi connectivity index (χ1) is 25.5. The maximum atomic E-state index is 6.50. The first kappa shape index (κ1) is 30.2. The van der Waals surface area contributed by atoms with E-state index in [-0.39, 0.29) is 5.41 Å². The van der Waals surface area contributed by atoms with E-state index in [0.29, 0.717) is 17.5 Å². The summed E-state index contributed by atoms with van der Waals surface area (Å²) >= 11 is 0. The average molecular weight is 668 g/mol. The van der Waals surface area contributed by atoms with Crippen molar-refractivity contribution in [1.29, 1.82) is 0 Å². The Hall–Kier alpha value is -6.65. The van der Waals surface area contributed by atoms with Gasteiger partial charge < -0.3 is 4.42 Å². The molecular formula is C48H33N3O. The molecule has 246 valence electrons.